The van der Waals surface area contributed by atoms with Crippen LogP contribution in [0.1, 0.15) is 72.6 Å². The molecule has 0 aromatic carbocycles. The van der Waals surface area contributed by atoms with Crippen molar-refractivity contribution in [2.24, 2.45) is 5.41 Å². The third-order valence-electron chi connectivity index (χ3n) is 4.79. The van der Waals surface area contributed by atoms with Crippen molar-refractivity contribution in [2.45, 2.75) is 84.7 Å². The molecule has 1 heterocycles. The Morgan fingerprint density at radius 2 is 1.72 bits per heavy atom. The fourth-order valence-electron chi connectivity index (χ4n) is 3.76. The van der Waals surface area contributed by atoms with E-state index in [9.17, 15) is 0 Å². The van der Waals surface area contributed by atoms with Crippen LogP contribution >= 0.6 is 15.9 Å². The Morgan fingerprint density at radius 1 is 1.11 bits per heavy atom. The Labute approximate surface area is 123 Å². The molecule has 2 unspecified atom stereocenters. The zero-order valence-electron chi connectivity index (χ0n) is 12.8. The summed E-state index contributed by atoms with van der Waals surface area (Å²) >= 11 is 3.82. The zero-order chi connectivity index (χ0) is 13.6. The number of nitrogens with zero attached hydrogens (tertiary/aromatic N) is 1. The van der Waals surface area contributed by atoms with Gasteiger partial charge in [-0.3, -0.25) is 4.90 Å². The van der Waals surface area contributed by atoms with Crippen molar-refractivity contribution in [3.63, 3.8) is 0 Å². The molecule has 0 N–H and O–H groups in total. The maximum atomic E-state index is 3.82. The second-order valence-corrected chi connectivity index (χ2v) is 6.86. The highest BCUT2D eigenvalue weighted by atomic mass is 79.9. The zero-order valence-corrected chi connectivity index (χ0v) is 14.4. The average molecular weight is 318 g/mol. The minimum absolute atomic E-state index is 0.509. The first kappa shape index (κ1) is 16.5. The van der Waals surface area contributed by atoms with E-state index in [0.29, 0.717) is 5.41 Å². The Morgan fingerprint density at radius 3 is 2.17 bits per heavy atom. The first-order valence-corrected chi connectivity index (χ1v) is 9.06. The van der Waals surface area contributed by atoms with Gasteiger partial charge in [0.2, 0.25) is 0 Å². The molecule has 0 saturated carbocycles. The van der Waals surface area contributed by atoms with Crippen LogP contribution < -0.4 is 0 Å². The molecule has 0 radical (unpaired) electrons. The molecule has 0 amide bonds. The monoisotopic (exact) mass is 317 g/mol. The molecule has 1 fully saturated rings. The van der Waals surface area contributed by atoms with Crippen LogP contribution in [0.15, 0.2) is 0 Å². The molecule has 1 aliphatic rings. The van der Waals surface area contributed by atoms with E-state index in [-0.39, 0.29) is 0 Å². The third-order valence-corrected chi connectivity index (χ3v) is 5.98. The van der Waals surface area contributed by atoms with Crippen molar-refractivity contribution in [3.8, 4) is 0 Å². The quantitative estimate of drug-likeness (QED) is 0.554. The molecule has 1 aliphatic heterocycles. The molecule has 18 heavy (non-hydrogen) atoms. The highest BCUT2D eigenvalue weighted by Gasteiger charge is 2.36. The largest absolute Gasteiger partial charge is 0.297 e. The fourth-order valence-corrected chi connectivity index (χ4v) is 4.49. The summed E-state index contributed by atoms with van der Waals surface area (Å²) in [5.74, 6) is 0. The molecule has 2 atom stereocenters. The van der Waals surface area contributed by atoms with Gasteiger partial charge in [-0.15, -0.1) is 0 Å². The number of hydrogen-bond acceptors (Lipinski definition) is 1. The van der Waals surface area contributed by atoms with Crippen LogP contribution in [0, 0.1) is 5.41 Å². The molecule has 108 valence electrons. The number of alkyl halides is 1. The normalized spacial score (nSPS) is 25.8. The van der Waals surface area contributed by atoms with E-state index >= 15 is 0 Å². The minimum atomic E-state index is 0.509. The Kier molecular flexibility index (Phi) is 7.23. The van der Waals surface area contributed by atoms with E-state index in [1.807, 2.05) is 0 Å². The second-order valence-electron chi connectivity index (χ2n) is 6.29. The SMILES string of the molecule is CCCC(CBr)(CCC)CN1C(C)CCC1CC. The molecular formula is C16H32BrN. The van der Waals surface area contributed by atoms with E-state index in [4.69, 9.17) is 0 Å². The van der Waals surface area contributed by atoms with E-state index in [0.717, 1.165) is 12.1 Å². The number of rotatable bonds is 8. The standard InChI is InChI=1S/C16H32BrN/c1-5-10-16(12-17,11-6-2)13-18-14(4)8-9-15(18)7-3/h14-15H,5-13H2,1-4H3. The highest BCUT2D eigenvalue weighted by Crippen LogP contribution is 2.37. The highest BCUT2D eigenvalue weighted by molar-refractivity contribution is 9.09. The first-order valence-electron chi connectivity index (χ1n) is 7.94. The van der Waals surface area contributed by atoms with E-state index in [2.05, 4.69) is 48.5 Å². The van der Waals surface area contributed by atoms with E-state index in [1.165, 1.54) is 56.8 Å². The summed E-state index contributed by atoms with van der Waals surface area (Å²) in [7, 11) is 0. The molecular weight excluding hydrogens is 286 g/mol. The van der Waals surface area contributed by atoms with Gasteiger partial charge in [0.05, 0.1) is 0 Å². The van der Waals surface area contributed by atoms with Crippen LogP contribution in [0.25, 0.3) is 0 Å². The first-order chi connectivity index (χ1) is 8.62. The molecule has 1 rings (SSSR count). The molecule has 0 aromatic rings. The molecule has 0 bridgehead atoms. The van der Waals surface area contributed by atoms with Crippen molar-refractivity contribution >= 4 is 15.9 Å². The molecule has 1 nitrogen and oxygen atoms in total. The summed E-state index contributed by atoms with van der Waals surface area (Å²) in [5, 5.41) is 1.17. The summed E-state index contributed by atoms with van der Waals surface area (Å²) < 4.78 is 0. The van der Waals surface area contributed by atoms with Crippen LogP contribution in [0.4, 0.5) is 0 Å². The number of halogens is 1. The molecule has 0 aliphatic carbocycles. The third kappa shape index (κ3) is 3.96. The van der Waals surface area contributed by atoms with Crippen LogP contribution in [0.2, 0.25) is 0 Å². The lowest BCUT2D eigenvalue weighted by Crippen LogP contribution is -2.44. The topological polar surface area (TPSA) is 3.24 Å². The van der Waals surface area contributed by atoms with E-state index in [1.54, 1.807) is 0 Å². The van der Waals surface area contributed by atoms with Gasteiger partial charge in [-0.25, -0.2) is 0 Å². The van der Waals surface area contributed by atoms with Crippen LogP contribution in [0.3, 0.4) is 0 Å². The lowest BCUT2D eigenvalue weighted by molar-refractivity contribution is 0.107. The molecule has 0 aromatic heterocycles. The van der Waals surface area contributed by atoms with Crippen molar-refractivity contribution in [2.75, 3.05) is 11.9 Å². The van der Waals surface area contributed by atoms with Crippen LogP contribution in [-0.2, 0) is 0 Å². The summed E-state index contributed by atoms with van der Waals surface area (Å²) in [6, 6.07) is 1.63. The smallest absolute Gasteiger partial charge is 0.0100 e. The van der Waals surface area contributed by atoms with Crippen molar-refractivity contribution in [1.29, 1.82) is 0 Å². The summed E-state index contributed by atoms with van der Waals surface area (Å²) in [4.78, 5) is 2.81. The predicted molar refractivity (Wildman–Crippen MR) is 85.5 cm³/mol. The van der Waals surface area contributed by atoms with Gasteiger partial charge in [-0.05, 0) is 44.4 Å². The molecule has 2 heteroatoms. The summed E-state index contributed by atoms with van der Waals surface area (Å²) in [6.07, 6.45) is 9.48. The van der Waals surface area contributed by atoms with E-state index < -0.39 is 0 Å². The van der Waals surface area contributed by atoms with Gasteiger partial charge in [-0.2, -0.15) is 0 Å². The van der Waals surface area contributed by atoms with Crippen molar-refractivity contribution in [3.05, 3.63) is 0 Å². The van der Waals surface area contributed by atoms with Crippen LogP contribution in [0.5, 0.6) is 0 Å². The van der Waals surface area contributed by atoms with Gasteiger partial charge in [0, 0.05) is 24.0 Å². The van der Waals surface area contributed by atoms with Crippen LogP contribution in [-0.4, -0.2) is 28.9 Å². The lowest BCUT2D eigenvalue weighted by Gasteiger charge is -2.40. The second kappa shape index (κ2) is 7.89. The fraction of sp³-hybridized carbons (Fsp3) is 1.00. The molecule has 0 spiro atoms. The van der Waals surface area contributed by atoms with Gasteiger partial charge < -0.3 is 0 Å². The van der Waals surface area contributed by atoms with Gasteiger partial charge >= 0.3 is 0 Å². The maximum Gasteiger partial charge on any atom is 0.0100 e. The van der Waals surface area contributed by atoms with Gasteiger partial charge in [0.15, 0.2) is 0 Å². The summed E-state index contributed by atoms with van der Waals surface area (Å²) in [6.45, 7) is 10.7. The van der Waals surface area contributed by atoms with Gasteiger partial charge in [0.25, 0.3) is 0 Å². The maximum absolute atomic E-state index is 3.82. The predicted octanol–water partition coefficient (Wildman–Crippen LogP) is 5.23. The summed E-state index contributed by atoms with van der Waals surface area (Å²) in [5.41, 5.74) is 0.509. The molecule has 1 saturated heterocycles. The Bertz CT molecular complexity index is 223. The Hall–Kier alpha value is 0.440. The lowest BCUT2D eigenvalue weighted by atomic mass is 9.80. The average Bonchev–Trinajstić information content (AvgIpc) is 2.71. The number of likely N-dealkylation sites (tertiary alicyclic amines) is 1. The minimum Gasteiger partial charge on any atom is -0.297 e. The Balaban J connectivity index is 2.74. The van der Waals surface area contributed by atoms with Crippen molar-refractivity contribution < 1.29 is 0 Å². The van der Waals surface area contributed by atoms with Crippen molar-refractivity contribution in [1.82, 2.24) is 4.90 Å². The van der Waals surface area contributed by atoms with Gasteiger partial charge in [-0.1, -0.05) is 49.5 Å². The van der Waals surface area contributed by atoms with Gasteiger partial charge in [0.1, 0.15) is 0 Å². The number of hydrogen-bond donors (Lipinski definition) is 0.